The third-order valence-corrected chi connectivity index (χ3v) is 5.53. The number of likely N-dealkylation sites (N-methyl/N-ethyl adjacent to an activating group) is 1. The summed E-state index contributed by atoms with van der Waals surface area (Å²) in [5, 5.41) is 5.87. The molecule has 3 rings (SSSR count). The zero-order valence-corrected chi connectivity index (χ0v) is 18.4. The summed E-state index contributed by atoms with van der Waals surface area (Å²) in [5.74, 6) is 0.554. The van der Waals surface area contributed by atoms with Crippen molar-refractivity contribution in [1.29, 1.82) is 0 Å². The van der Waals surface area contributed by atoms with Crippen molar-refractivity contribution >= 4 is 17.5 Å². The van der Waals surface area contributed by atoms with Crippen LogP contribution in [-0.4, -0.2) is 63.6 Å². The number of nitrogens with one attached hydrogen (secondary N) is 2. The molecular weight excluding hydrogens is 392 g/mol. The van der Waals surface area contributed by atoms with Gasteiger partial charge in [-0.15, -0.1) is 0 Å². The Morgan fingerprint density at radius 3 is 2.39 bits per heavy atom. The highest BCUT2D eigenvalue weighted by Crippen LogP contribution is 2.21. The number of hydrogen-bond donors (Lipinski definition) is 2. The number of hydrogen-bond acceptors (Lipinski definition) is 5. The van der Waals surface area contributed by atoms with E-state index in [9.17, 15) is 9.59 Å². The van der Waals surface area contributed by atoms with Crippen molar-refractivity contribution in [2.24, 2.45) is 0 Å². The van der Waals surface area contributed by atoms with Crippen LogP contribution in [0.15, 0.2) is 48.5 Å². The summed E-state index contributed by atoms with van der Waals surface area (Å²) >= 11 is 0. The molecule has 2 aromatic rings. The molecule has 0 bridgehead atoms. The molecule has 0 spiro atoms. The highest BCUT2D eigenvalue weighted by molar-refractivity contribution is 5.94. The average molecular weight is 425 g/mol. The van der Waals surface area contributed by atoms with Crippen molar-refractivity contribution < 1.29 is 14.3 Å². The average Bonchev–Trinajstić information content (AvgIpc) is 2.81. The topological polar surface area (TPSA) is 73.9 Å². The number of carbonyl (C=O) groups is 2. The molecule has 1 saturated heterocycles. The number of benzene rings is 2. The van der Waals surface area contributed by atoms with Crippen LogP contribution in [0.3, 0.4) is 0 Å². The lowest BCUT2D eigenvalue weighted by atomic mass is 10.1. The number of piperazine rings is 1. The zero-order chi connectivity index (χ0) is 22.1. The van der Waals surface area contributed by atoms with Crippen LogP contribution in [0.25, 0.3) is 0 Å². The van der Waals surface area contributed by atoms with Crippen LogP contribution in [0.2, 0.25) is 0 Å². The quantitative estimate of drug-likeness (QED) is 0.604. The van der Waals surface area contributed by atoms with Gasteiger partial charge in [-0.1, -0.05) is 18.2 Å². The van der Waals surface area contributed by atoms with E-state index in [2.05, 4.69) is 39.6 Å². The van der Waals surface area contributed by atoms with Crippen LogP contribution in [0.4, 0.5) is 5.69 Å². The minimum Gasteiger partial charge on any atom is -0.497 e. The molecule has 7 heteroatoms. The van der Waals surface area contributed by atoms with Crippen LogP contribution in [0, 0.1) is 0 Å². The number of ether oxygens (including phenoxy) is 1. The van der Waals surface area contributed by atoms with Crippen molar-refractivity contribution in [3.8, 4) is 5.75 Å². The highest BCUT2D eigenvalue weighted by atomic mass is 16.5. The van der Waals surface area contributed by atoms with E-state index < -0.39 is 0 Å². The van der Waals surface area contributed by atoms with Gasteiger partial charge in [0.05, 0.1) is 7.11 Å². The first kappa shape index (κ1) is 22.6. The van der Waals surface area contributed by atoms with Gasteiger partial charge in [0.15, 0.2) is 0 Å². The Balaban J connectivity index is 1.39. The van der Waals surface area contributed by atoms with Crippen molar-refractivity contribution in [3.05, 3.63) is 59.7 Å². The first-order valence-corrected chi connectivity index (χ1v) is 10.8. The van der Waals surface area contributed by atoms with Crippen molar-refractivity contribution in [3.63, 3.8) is 0 Å². The highest BCUT2D eigenvalue weighted by Gasteiger charge is 2.17. The van der Waals surface area contributed by atoms with E-state index in [1.807, 2.05) is 12.1 Å². The third kappa shape index (κ3) is 6.72. The number of amides is 2. The fourth-order valence-corrected chi connectivity index (χ4v) is 3.59. The summed E-state index contributed by atoms with van der Waals surface area (Å²) in [5.41, 5.74) is 2.90. The Hall–Kier alpha value is -3.06. The molecule has 1 aliphatic rings. The van der Waals surface area contributed by atoms with Crippen molar-refractivity contribution in [2.45, 2.75) is 19.4 Å². The number of carbonyl (C=O) groups excluding carboxylic acids is 2. The van der Waals surface area contributed by atoms with Gasteiger partial charge in [-0.25, -0.2) is 0 Å². The molecule has 7 nitrogen and oxygen atoms in total. The van der Waals surface area contributed by atoms with E-state index in [1.54, 1.807) is 31.4 Å². The molecule has 1 aliphatic heterocycles. The van der Waals surface area contributed by atoms with E-state index in [0.29, 0.717) is 37.2 Å². The molecule has 0 radical (unpaired) electrons. The largest absolute Gasteiger partial charge is 0.497 e. The molecule has 1 heterocycles. The molecule has 2 amide bonds. The number of methoxy groups -OCH3 is 1. The Kier molecular flexibility index (Phi) is 8.29. The van der Waals surface area contributed by atoms with Crippen LogP contribution >= 0.6 is 0 Å². The Labute approximate surface area is 184 Å². The van der Waals surface area contributed by atoms with Crippen LogP contribution in [0.5, 0.6) is 5.75 Å². The molecule has 0 atom stereocenters. The summed E-state index contributed by atoms with van der Waals surface area (Å²) in [6.45, 7) is 5.05. The van der Waals surface area contributed by atoms with Gasteiger partial charge in [0, 0.05) is 56.9 Å². The normalized spacial score (nSPS) is 14.2. The molecular formula is C24H32N4O3. The monoisotopic (exact) mass is 424 g/mol. The SMILES string of the molecule is COc1ccc(C(=O)NCCCC(=O)NCc2ccccc2N2CCN(C)CC2)cc1. The van der Waals surface area contributed by atoms with E-state index in [-0.39, 0.29) is 11.8 Å². The lowest BCUT2D eigenvalue weighted by molar-refractivity contribution is -0.121. The van der Waals surface area contributed by atoms with Gasteiger partial charge in [0.25, 0.3) is 5.91 Å². The van der Waals surface area contributed by atoms with Gasteiger partial charge in [-0.2, -0.15) is 0 Å². The van der Waals surface area contributed by atoms with Gasteiger partial charge in [-0.3, -0.25) is 9.59 Å². The first-order chi connectivity index (χ1) is 15.1. The van der Waals surface area contributed by atoms with Crippen molar-refractivity contribution in [1.82, 2.24) is 15.5 Å². The molecule has 0 saturated carbocycles. The molecule has 0 aromatic heterocycles. The van der Waals surface area contributed by atoms with E-state index >= 15 is 0 Å². The molecule has 0 aliphatic carbocycles. The zero-order valence-electron chi connectivity index (χ0n) is 18.4. The van der Waals surface area contributed by atoms with E-state index in [0.717, 1.165) is 31.7 Å². The summed E-state index contributed by atoms with van der Waals surface area (Å²) in [6, 6.07) is 15.2. The predicted molar refractivity (Wildman–Crippen MR) is 123 cm³/mol. The van der Waals surface area contributed by atoms with Crippen molar-refractivity contribution in [2.75, 3.05) is 51.8 Å². The standard InChI is InChI=1S/C24H32N4O3/c1-27-14-16-28(17-15-27)22-7-4-3-6-20(22)18-26-23(29)8-5-13-25-24(30)19-9-11-21(31-2)12-10-19/h3-4,6-7,9-12H,5,8,13-18H2,1-2H3,(H,25,30)(H,26,29). The van der Waals surface area contributed by atoms with Gasteiger partial charge in [0.1, 0.15) is 5.75 Å². The lowest BCUT2D eigenvalue weighted by Gasteiger charge is -2.35. The van der Waals surface area contributed by atoms with Crippen LogP contribution in [-0.2, 0) is 11.3 Å². The maximum absolute atomic E-state index is 12.3. The third-order valence-electron chi connectivity index (χ3n) is 5.53. The predicted octanol–water partition coefficient (Wildman–Crippen LogP) is 2.27. The summed E-state index contributed by atoms with van der Waals surface area (Å²) in [4.78, 5) is 29.1. The summed E-state index contributed by atoms with van der Waals surface area (Å²) < 4.78 is 5.09. The number of para-hydroxylation sites is 1. The molecule has 2 aromatic carbocycles. The van der Waals surface area contributed by atoms with Gasteiger partial charge >= 0.3 is 0 Å². The second kappa shape index (κ2) is 11.4. The van der Waals surface area contributed by atoms with Gasteiger partial charge in [-0.05, 0) is 49.4 Å². The molecule has 1 fully saturated rings. The van der Waals surface area contributed by atoms with E-state index in [4.69, 9.17) is 4.74 Å². The summed E-state index contributed by atoms with van der Waals surface area (Å²) in [7, 11) is 3.73. The number of nitrogens with zero attached hydrogens (tertiary/aromatic N) is 2. The maximum atomic E-state index is 12.3. The molecule has 2 N–H and O–H groups in total. The molecule has 31 heavy (non-hydrogen) atoms. The Morgan fingerprint density at radius 2 is 1.68 bits per heavy atom. The van der Waals surface area contributed by atoms with Gasteiger partial charge in [0.2, 0.25) is 5.91 Å². The van der Waals surface area contributed by atoms with Gasteiger partial charge < -0.3 is 25.2 Å². The minimum absolute atomic E-state index is 0.00752. The smallest absolute Gasteiger partial charge is 0.251 e. The van der Waals surface area contributed by atoms with Crippen LogP contribution in [0.1, 0.15) is 28.8 Å². The fraction of sp³-hybridized carbons (Fsp3) is 0.417. The Bertz CT molecular complexity index is 861. The second-order valence-electron chi connectivity index (χ2n) is 7.78. The van der Waals surface area contributed by atoms with Crippen LogP contribution < -0.4 is 20.3 Å². The lowest BCUT2D eigenvalue weighted by Crippen LogP contribution is -2.45. The number of anilines is 1. The fourth-order valence-electron chi connectivity index (χ4n) is 3.59. The number of rotatable bonds is 9. The molecule has 0 unspecified atom stereocenters. The maximum Gasteiger partial charge on any atom is 0.251 e. The Morgan fingerprint density at radius 1 is 0.968 bits per heavy atom. The first-order valence-electron chi connectivity index (χ1n) is 10.8. The summed E-state index contributed by atoms with van der Waals surface area (Å²) in [6.07, 6.45) is 0.966. The molecule has 166 valence electrons. The minimum atomic E-state index is -0.149. The second-order valence-corrected chi connectivity index (χ2v) is 7.78. The van der Waals surface area contributed by atoms with E-state index in [1.165, 1.54) is 5.69 Å².